The molecular formula is C19H23N3O2S2. The molecule has 0 aromatic carbocycles. The number of nitrogens with zero attached hydrogens (tertiary/aromatic N) is 1. The van der Waals surface area contributed by atoms with Crippen molar-refractivity contribution in [1.29, 1.82) is 0 Å². The van der Waals surface area contributed by atoms with Crippen LogP contribution in [0.1, 0.15) is 22.4 Å². The van der Waals surface area contributed by atoms with Crippen molar-refractivity contribution in [3.63, 3.8) is 0 Å². The minimum Gasteiger partial charge on any atom is -0.469 e. The van der Waals surface area contributed by atoms with E-state index in [1.165, 1.54) is 4.88 Å². The molecule has 0 radical (unpaired) electrons. The van der Waals surface area contributed by atoms with Gasteiger partial charge in [0, 0.05) is 22.7 Å². The summed E-state index contributed by atoms with van der Waals surface area (Å²) in [5.41, 5.74) is -0.944. The molecule has 0 saturated carbocycles. The molecule has 7 heteroatoms. The molecule has 0 spiro atoms. The van der Waals surface area contributed by atoms with E-state index < -0.39 is 5.60 Å². The summed E-state index contributed by atoms with van der Waals surface area (Å²) in [6.07, 6.45) is 2.45. The Balaban J connectivity index is 1.58. The van der Waals surface area contributed by atoms with Gasteiger partial charge >= 0.3 is 0 Å². The second-order valence-corrected chi connectivity index (χ2v) is 8.08. The maximum absolute atomic E-state index is 10.7. The van der Waals surface area contributed by atoms with Crippen LogP contribution in [0.25, 0.3) is 0 Å². The first-order chi connectivity index (χ1) is 12.6. The predicted octanol–water partition coefficient (Wildman–Crippen LogP) is 3.59. The highest BCUT2D eigenvalue weighted by Crippen LogP contribution is 2.24. The molecule has 3 N–H and O–H groups in total. The smallest absolute Gasteiger partial charge is 0.191 e. The first-order valence-corrected chi connectivity index (χ1v) is 10.2. The van der Waals surface area contributed by atoms with Crippen LogP contribution in [-0.2, 0) is 18.6 Å². The van der Waals surface area contributed by atoms with E-state index in [0.717, 1.165) is 17.1 Å². The number of nitrogens with one attached hydrogen (secondary N) is 2. The summed E-state index contributed by atoms with van der Waals surface area (Å²) in [6, 6.07) is 11.8. The van der Waals surface area contributed by atoms with E-state index in [-0.39, 0.29) is 0 Å². The standard InChI is InChI=1S/C19H23N3O2S2/c1-19(23,17-7-4-12-26-17)14-22-18(21-13-16-6-3-11-25-16)20-9-8-15-5-2-10-24-15/h2-7,10-12,23H,8-9,13-14H2,1H3,(H2,20,21,22). The topological polar surface area (TPSA) is 69.8 Å². The molecule has 0 bridgehead atoms. The molecule has 0 aliphatic carbocycles. The van der Waals surface area contributed by atoms with Crippen LogP contribution in [0.4, 0.5) is 0 Å². The lowest BCUT2D eigenvalue weighted by Crippen LogP contribution is -2.44. The molecule has 0 fully saturated rings. The molecule has 26 heavy (non-hydrogen) atoms. The number of aliphatic hydroxyl groups is 1. The van der Waals surface area contributed by atoms with Crippen molar-refractivity contribution in [1.82, 2.24) is 10.6 Å². The van der Waals surface area contributed by atoms with Gasteiger partial charge in [0.15, 0.2) is 5.96 Å². The molecule has 0 aliphatic rings. The lowest BCUT2D eigenvalue weighted by molar-refractivity contribution is 0.0655. The average molecular weight is 390 g/mol. The fourth-order valence-electron chi connectivity index (χ4n) is 2.42. The Morgan fingerprint density at radius 3 is 2.69 bits per heavy atom. The van der Waals surface area contributed by atoms with Crippen molar-refractivity contribution in [2.24, 2.45) is 4.99 Å². The van der Waals surface area contributed by atoms with Gasteiger partial charge in [-0.25, -0.2) is 4.99 Å². The molecule has 3 aromatic rings. The van der Waals surface area contributed by atoms with Gasteiger partial charge in [0.05, 0.1) is 19.4 Å². The van der Waals surface area contributed by atoms with Crippen molar-refractivity contribution in [3.05, 3.63) is 68.9 Å². The second kappa shape index (κ2) is 9.02. The molecule has 5 nitrogen and oxygen atoms in total. The highest BCUT2D eigenvalue weighted by atomic mass is 32.1. The Morgan fingerprint density at radius 1 is 1.15 bits per heavy atom. The molecule has 3 heterocycles. The van der Waals surface area contributed by atoms with Gasteiger partial charge in [0.1, 0.15) is 11.4 Å². The Morgan fingerprint density at radius 2 is 2.00 bits per heavy atom. The van der Waals surface area contributed by atoms with E-state index in [2.05, 4.69) is 21.7 Å². The zero-order valence-corrected chi connectivity index (χ0v) is 16.3. The minimum atomic E-state index is -0.944. The SMILES string of the molecule is CC(O)(CNC(=NCc1cccs1)NCCc1ccco1)c1cccs1. The van der Waals surface area contributed by atoms with Crippen LogP contribution in [0.5, 0.6) is 0 Å². The highest BCUT2D eigenvalue weighted by molar-refractivity contribution is 7.10. The molecule has 0 amide bonds. The predicted molar refractivity (Wildman–Crippen MR) is 108 cm³/mol. The van der Waals surface area contributed by atoms with E-state index in [9.17, 15) is 5.11 Å². The van der Waals surface area contributed by atoms with E-state index >= 15 is 0 Å². The molecule has 3 rings (SSSR count). The van der Waals surface area contributed by atoms with Crippen molar-refractivity contribution < 1.29 is 9.52 Å². The largest absolute Gasteiger partial charge is 0.469 e. The number of furan rings is 1. The van der Waals surface area contributed by atoms with E-state index in [4.69, 9.17) is 4.42 Å². The summed E-state index contributed by atoms with van der Waals surface area (Å²) < 4.78 is 5.36. The van der Waals surface area contributed by atoms with Crippen LogP contribution in [0.3, 0.4) is 0 Å². The number of aliphatic imine (C=N–C) groups is 1. The number of guanidine groups is 1. The van der Waals surface area contributed by atoms with Gasteiger partial charge in [-0.2, -0.15) is 0 Å². The first-order valence-electron chi connectivity index (χ1n) is 8.47. The van der Waals surface area contributed by atoms with E-state index in [1.54, 1.807) is 28.9 Å². The fourth-order valence-corrected chi connectivity index (χ4v) is 3.84. The number of thiophene rings is 2. The van der Waals surface area contributed by atoms with Gasteiger partial charge in [-0.15, -0.1) is 22.7 Å². The lowest BCUT2D eigenvalue weighted by atomic mass is 10.1. The molecule has 3 aromatic heterocycles. The second-order valence-electron chi connectivity index (χ2n) is 6.11. The zero-order chi connectivity index (χ0) is 18.2. The van der Waals surface area contributed by atoms with E-state index in [0.29, 0.717) is 25.6 Å². The van der Waals surface area contributed by atoms with Crippen molar-refractivity contribution in [2.45, 2.75) is 25.5 Å². The third-order valence-corrected chi connectivity index (χ3v) is 5.85. The van der Waals surface area contributed by atoms with Crippen molar-refractivity contribution in [3.8, 4) is 0 Å². The van der Waals surface area contributed by atoms with Crippen LogP contribution in [0.15, 0.2) is 62.8 Å². The Bertz CT molecular complexity index is 779. The summed E-state index contributed by atoms with van der Waals surface area (Å²) in [5, 5.41) is 21.3. The molecule has 1 unspecified atom stereocenters. The number of rotatable bonds is 8. The summed E-state index contributed by atoms with van der Waals surface area (Å²) in [4.78, 5) is 6.76. The van der Waals surface area contributed by atoms with Gasteiger partial charge in [0.25, 0.3) is 0 Å². The Hall–Kier alpha value is -2.09. The molecule has 0 aliphatic heterocycles. The highest BCUT2D eigenvalue weighted by Gasteiger charge is 2.24. The Labute approximate surface area is 161 Å². The van der Waals surface area contributed by atoms with Crippen LogP contribution in [-0.4, -0.2) is 24.2 Å². The normalized spacial score (nSPS) is 14.2. The molecule has 0 saturated heterocycles. The van der Waals surface area contributed by atoms with Gasteiger partial charge < -0.3 is 20.2 Å². The van der Waals surface area contributed by atoms with Crippen molar-refractivity contribution in [2.75, 3.05) is 13.1 Å². The minimum absolute atomic E-state index is 0.380. The fraction of sp³-hybridized carbons (Fsp3) is 0.316. The zero-order valence-electron chi connectivity index (χ0n) is 14.6. The maximum Gasteiger partial charge on any atom is 0.191 e. The third kappa shape index (κ3) is 5.45. The number of hydrogen-bond acceptors (Lipinski definition) is 5. The lowest BCUT2D eigenvalue weighted by Gasteiger charge is -2.24. The van der Waals surface area contributed by atoms with Gasteiger partial charge in [0.2, 0.25) is 0 Å². The quantitative estimate of drug-likeness (QED) is 0.407. The molecule has 1 atom stereocenters. The van der Waals surface area contributed by atoms with Crippen LogP contribution in [0.2, 0.25) is 0 Å². The molecular weight excluding hydrogens is 366 g/mol. The van der Waals surface area contributed by atoms with Gasteiger partial charge in [-0.05, 0) is 41.9 Å². The maximum atomic E-state index is 10.7. The third-order valence-electron chi connectivity index (χ3n) is 3.87. The first kappa shape index (κ1) is 18.7. The summed E-state index contributed by atoms with van der Waals surface area (Å²) >= 11 is 3.23. The van der Waals surface area contributed by atoms with Crippen LogP contribution >= 0.6 is 22.7 Å². The number of hydrogen-bond donors (Lipinski definition) is 3. The van der Waals surface area contributed by atoms with Crippen molar-refractivity contribution >= 4 is 28.6 Å². The summed E-state index contributed by atoms with van der Waals surface area (Å²) in [6.45, 7) is 3.50. The van der Waals surface area contributed by atoms with E-state index in [1.807, 2.05) is 48.0 Å². The van der Waals surface area contributed by atoms with Crippen LogP contribution < -0.4 is 10.6 Å². The summed E-state index contributed by atoms with van der Waals surface area (Å²) in [5.74, 6) is 1.61. The monoisotopic (exact) mass is 389 g/mol. The van der Waals surface area contributed by atoms with Gasteiger partial charge in [-0.1, -0.05) is 12.1 Å². The van der Waals surface area contributed by atoms with Gasteiger partial charge in [-0.3, -0.25) is 0 Å². The molecule has 138 valence electrons. The average Bonchev–Trinajstić information content (AvgIpc) is 3.40. The Kier molecular flexibility index (Phi) is 6.49. The summed E-state index contributed by atoms with van der Waals surface area (Å²) in [7, 11) is 0. The van der Waals surface area contributed by atoms with Crippen LogP contribution in [0, 0.1) is 0 Å².